The summed E-state index contributed by atoms with van der Waals surface area (Å²) in [4.78, 5) is 28.2. The SMILES string of the molecule is C[C@@H]1CN([C@@H](C)CO)C(=O)c2cc(NC(=O)C3CCCCC3)ccc2O[C@@H]1CN(C)S(=O)(=O)c1ccc(Cl)cc1. The van der Waals surface area contributed by atoms with Crippen LogP contribution in [0.15, 0.2) is 47.4 Å². The van der Waals surface area contributed by atoms with Gasteiger partial charge < -0.3 is 20.1 Å². The normalized spacial score (nSPS) is 21.2. The Morgan fingerprint density at radius 2 is 1.85 bits per heavy atom. The van der Waals surface area contributed by atoms with Crippen molar-refractivity contribution in [3.63, 3.8) is 0 Å². The van der Waals surface area contributed by atoms with Gasteiger partial charge in [0.05, 0.1) is 29.7 Å². The number of rotatable bonds is 8. The average molecular weight is 592 g/mol. The molecule has 0 unspecified atom stereocenters. The van der Waals surface area contributed by atoms with Gasteiger partial charge in [-0.15, -0.1) is 0 Å². The molecule has 11 heteroatoms. The van der Waals surface area contributed by atoms with Gasteiger partial charge in [-0.25, -0.2) is 8.42 Å². The number of likely N-dealkylation sites (N-methyl/N-ethyl adjacent to an activating group) is 1. The van der Waals surface area contributed by atoms with Gasteiger partial charge >= 0.3 is 0 Å². The molecule has 4 rings (SSSR count). The van der Waals surface area contributed by atoms with Crippen molar-refractivity contribution in [1.82, 2.24) is 9.21 Å². The number of hydrogen-bond acceptors (Lipinski definition) is 6. The average Bonchev–Trinajstić information content (AvgIpc) is 2.95. The number of carbonyl (C=O) groups excluding carboxylic acids is 2. The first-order chi connectivity index (χ1) is 19.0. The molecule has 1 saturated carbocycles. The zero-order valence-corrected chi connectivity index (χ0v) is 24.7. The standard InChI is InChI=1S/C29H38ClN3O6S/c1-19-16-33(20(2)18-34)29(36)25-15-23(31-28(35)21-7-5-4-6-8-21)11-14-26(25)39-27(19)17-32(3)40(37,38)24-12-9-22(30)10-13-24/h9-15,19-21,27,34H,4-8,16-18H2,1-3H3,(H,31,35)/t19-,20+,27-/m1/s1. The van der Waals surface area contributed by atoms with Gasteiger partial charge in [0.2, 0.25) is 15.9 Å². The second-order valence-corrected chi connectivity index (χ2v) is 13.4. The van der Waals surface area contributed by atoms with Crippen LogP contribution in [-0.4, -0.2) is 73.4 Å². The van der Waals surface area contributed by atoms with Crippen LogP contribution in [0.2, 0.25) is 5.02 Å². The Bertz CT molecular complexity index is 1310. The van der Waals surface area contributed by atoms with E-state index in [-0.39, 0.29) is 53.8 Å². The molecule has 2 aliphatic rings. The van der Waals surface area contributed by atoms with Gasteiger partial charge in [0.15, 0.2) is 0 Å². The molecule has 1 fully saturated rings. The second-order valence-electron chi connectivity index (χ2n) is 10.9. The largest absolute Gasteiger partial charge is 0.488 e. The molecule has 1 heterocycles. The van der Waals surface area contributed by atoms with Crippen LogP contribution in [0.25, 0.3) is 0 Å². The van der Waals surface area contributed by atoms with E-state index in [1.165, 1.54) is 35.6 Å². The van der Waals surface area contributed by atoms with Crippen LogP contribution in [-0.2, 0) is 14.8 Å². The maximum Gasteiger partial charge on any atom is 0.258 e. The summed E-state index contributed by atoms with van der Waals surface area (Å²) in [5.41, 5.74) is 0.748. The van der Waals surface area contributed by atoms with Crippen LogP contribution in [0, 0.1) is 11.8 Å². The van der Waals surface area contributed by atoms with Gasteiger partial charge in [-0.2, -0.15) is 4.31 Å². The molecule has 2 aromatic carbocycles. The summed E-state index contributed by atoms with van der Waals surface area (Å²) in [7, 11) is -2.34. The molecule has 9 nitrogen and oxygen atoms in total. The van der Waals surface area contributed by atoms with Crippen molar-refractivity contribution < 1.29 is 27.9 Å². The molecule has 40 heavy (non-hydrogen) atoms. The molecule has 2 N–H and O–H groups in total. The Balaban J connectivity index is 1.62. The number of halogens is 1. The summed E-state index contributed by atoms with van der Waals surface area (Å²) in [5, 5.41) is 13.3. The lowest BCUT2D eigenvalue weighted by Gasteiger charge is -2.38. The highest BCUT2D eigenvalue weighted by atomic mass is 35.5. The van der Waals surface area contributed by atoms with Crippen LogP contribution >= 0.6 is 11.6 Å². The Hall–Kier alpha value is -2.66. The third-order valence-electron chi connectivity index (χ3n) is 7.87. The summed E-state index contributed by atoms with van der Waals surface area (Å²) < 4.78 is 34.1. The van der Waals surface area contributed by atoms with E-state index in [4.69, 9.17) is 16.3 Å². The summed E-state index contributed by atoms with van der Waals surface area (Å²) >= 11 is 5.94. The molecule has 218 valence electrons. The lowest BCUT2D eigenvalue weighted by atomic mass is 9.88. The number of amides is 2. The van der Waals surface area contributed by atoms with Gasteiger partial charge in [-0.1, -0.05) is 37.8 Å². The van der Waals surface area contributed by atoms with Gasteiger partial charge in [0.25, 0.3) is 5.91 Å². The highest BCUT2D eigenvalue weighted by molar-refractivity contribution is 7.89. The van der Waals surface area contributed by atoms with E-state index in [1.807, 2.05) is 6.92 Å². The molecule has 1 aliphatic heterocycles. The van der Waals surface area contributed by atoms with E-state index in [9.17, 15) is 23.1 Å². The van der Waals surface area contributed by atoms with Crippen molar-refractivity contribution in [3.8, 4) is 5.75 Å². The third kappa shape index (κ3) is 6.79. The van der Waals surface area contributed by atoms with Crippen LogP contribution in [0.3, 0.4) is 0 Å². The van der Waals surface area contributed by atoms with Crippen LogP contribution < -0.4 is 10.1 Å². The smallest absolute Gasteiger partial charge is 0.258 e. The highest BCUT2D eigenvalue weighted by Crippen LogP contribution is 2.32. The van der Waals surface area contributed by atoms with E-state index >= 15 is 0 Å². The fourth-order valence-corrected chi connectivity index (χ4v) is 6.57. The molecular weight excluding hydrogens is 554 g/mol. The van der Waals surface area contributed by atoms with Gasteiger partial charge in [0.1, 0.15) is 11.9 Å². The topological polar surface area (TPSA) is 116 Å². The van der Waals surface area contributed by atoms with Crippen molar-refractivity contribution in [2.75, 3.05) is 32.1 Å². The van der Waals surface area contributed by atoms with Crippen LogP contribution in [0.1, 0.15) is 56.3 Å². The third-order valence-corrected chi connectivity index (χ3v) is 9.96. The van der Waals surface area contributed by atoms with Crippen LogP contribution in [0.4, 0.5) is 5.69 Å². The number of carbonyl (C=O) groups is 2. The number of sulfonamides is 1. The Kier molecular flexibility index (Phi) is 9.76. The number of aliphatic hydroxyl groups excluding tert-OH is 1. The molecule has 2 aromatic rings. The fourth-order valence-electron chi connectivity index (χ4n) is 5.27. The maximum atomic E-state index is 13.7. The zero-order chi connectivity index (χ0) is 29.0. The molecule has 0 spiro atoms. The molecule has 3 atom stereocenters. The summed E-state index contributed by atoms with van der Waals surface area (Å²) in [6, 6.07) is 10.4. The number of fused-ring (bicyclic) bond motifs is 1. The van der Waals surface area contributed by atoms with Crippen molar-refractivity contribution in [2.45, 2.75) is 63.0 Å². The van der Waals surface area contributed by atoms with Crippen molar-refractivity contribution in [3.05, 3.63) is 53.1 Å². The molecule has 0 bridgehead atoms. The van der Waals surface area contributed by atoms with E-state index < -0.39 is 22.2 Å². The number of nitrogens with zero attached hydrogens (tertiary/aromatic N) is 2. The van der Waals surface area contributed by atoms with Gasteiger partial charge in [0, 0.05) is 36.1 Å². The number of anilines is 1. The Morgan fingerprint density at radius 1 is 1.18 bits per heavy atom. The summed E-state index contributed by atoms with van der Waals surface area (Å²) in [6.07, 6.45) is 4.31. The predicted molar refractivity (Wildman–Crippen MR) is 154 cm³/mol. The molecule has 0 aromatic heterocycles. The maximum absolute atomic E-state index is 13.7. The zero-order valence-electron chi connectivity index (χ0n) is 23.2. The first-order valence-electron chi connectivity index (χ1n) is 13.8. The summed E-state index contributed by atoms with van der Waals surface area (Å²) in [5.74, 6) is -0.390. The first kappa shape index (κ1) is 30.3. The van der Waals surface area contributed by atoms with Crippen molar-refractivity contribution >= 4 is 39.1 Å². The van der Waals surface area contributed by atoms with E-state index in [2.05, 4.69) is 5.32 Å². The number of hydrogen-bond donors (Lipinski definition) is 2. The van der Waals surface area contributed by atoms with Crippen LogP contribution in [0.5, 0.6) is 5.75 Å². The number of ether oxygens (including phenoxy) is 1. The monoisotopic (exact) mass is 591 g/mol. The Labute approximate surface area is 241 Å². The molecule has 0 radical (unpaired) electrons. The number of nitrogens with one attached hydrogen (secondary N) is 1. The summed E-state index contributed by atoms with van der Waals surface area (Å²) in [6.45, 7) is 3.69. The lowest BCUT2D eigenvalue weighted by molar-refractivity contribution is -0.120. The number of benzene rings is 2. The van der Waals surface area contributed by atoms with Crippen molar-refractivity contribution in [1.29, 1.82) is 0 Å². The predicted octanol–water partition coefficient (Wildman–Crippen LogP) is 4.40. The minimum Gasteiger partial charge on any atom is -0.488 e. The van der Waals surface area contributed by atoms with E-state index in [1.54, 1.807) is 30.0 Å². The van der Waals surface area contributed by atoms with Gasteiger partial charge in [-0.05, 0) is 62.2 Å². The molecule has 0 saturated heterocycles. The minimum atomic E-state index is -3.83. The lowest BCUT2D eigenvalue weighted by Crippen LogP contribution is -2.50. The van der Waals surface area contributed by atoms with Gasteiger partial charge in [-0.3, -0.25) is 9.59 Å². The van der Waals surface area contributed by atoms with Crippen molar-refractivity contribution in [2.24, 2.45) is 11.8 Å². The molecular formula is C29H38ClN3O6S. The van der Waals surface area contributed by atoms with E-state index in [0.717, 1.165) is 32.1 Å². The van der Waals surface area contributed by atoms with E-state index in [0.29, 0.717) is 16.5 Å². The molecule has 1 aliphatic carbocycles. The first-order valence-corrected chi connectivity index (χ1v) is 15.6. The fraction of sp³-hybridized carbons (Fsp3) is 0.517. The second kappa shape index (κ2) is 12.9. The highest BCUT2D eigenvalue weighted by Gasteiger charge is 2.35. The molecule has 2 amide bonds. The number of aliphatic hydroxyl groups is 1. The quantitative estimate of drug-likeness (QED) is 0.470. The minimum absolute atomic E-state index is 0.0290. The Morgan fingerprint density at radius 3 is 2.50 bits per heavy atom.